The minimum Gasteiger partial charge on any atom is -0.271 e. The highest BCUT2D eigenvalue weighted by Gasteiger charge is 2.12. The Kier molecular flexibility index (Phi) is 4.88. The zero-order chi connectivity index (χ0) is 14.5. The van der Waals surface area contributed by atoms with Crippen molar-refractivity contribution in [2.75, 3.05) is 0 Å². The van der Waals surface area contributed by atoms with Gasteiger partial charge in [-0.2, -0.15) is 0 Å². The molecule has 0 saturated carbocycles. The number of hydrazine groups is 1. The van der Waals surface area contributed by atoms with Gasteiger partial charge < -0.3 is 0 Å². The molecule has 3 N–H and O–H groups in total. The summed E-state index contributed by atoms with van der Waals surface area (Å²) in [7, 11) is 0. The lowest BCUT2D eigenvalue weighted by Gasteiger charge is -2.17. The molecule has 2 nitrogen and oxygen atoms in total. The van der Waals surface area contributed by atoms with Crippen molar-refractivity contribution in [3.63, 3.8) is 0 Å². The van der Waals surface area contributed by atoms with Gasteiger partial charge in [0.15, 0.2) is 0 Å². The molecule has 2 rings (SSSR count). The number of halogens is 1. The van der Waals surface area contributed by atoms with Crippen LogP contribution in [-0.4, -0.2) is 0 Å². The van der Waals surface area contributed by atoms with E-state index in [4.69, 9.17) is 5.84 Å². The number of nitrogens with one attached hydrogen (secondary N) is 1. The molecular formula is C17H21FN2. The molecular weight excluding hydrogens is 251 g/mol. The van der Waals surface area contributed by atoms with E-state index in [1.165, 1.54) is 17.2 Å². The first kappa shape index (κ1) is 14.7. The minimum absolute atomic E-state index is 0.0380. The van der Waals surface area contributed by atoms with Crippen LogP contribution in [0, 0.1) is 19.7 Å². The lowest BCUT2D eigenvalue weighted by Crippen LogP contribution is -2.28. The molecule has 0 bridgehead atoms. The lowest BCUT2D eigenvalue weighted by molar-refractivity contribution is 0.511. The number of benzene rings is 2. The Labute approximate surface area is 119 Å². The number of hydrogen-bond donors (Lipinski definition) is 2. The third-order valence-electron chi connectivity index (χ3n) is 3.63. The van der Waals surface area contributed by atoms with Crippen molar-refractivity contribution in [2.24, 2.45) is 5.84 Å². The molecule has 0 heterocycles. The highest BCUT2D eigenvalue weighted by Crippen LogP contribution is 2.22. The van der Waals surface area contributed by atoms with Gasteiger partial charge in [0.2, 0.25) is 0 Å². The normalized spacial score (nSPS) is 12.4. The van der Waals surface area contributed by atoms with Crippen molar-refractivity contribution < 1.29 is 4.39 Å². The Balaban J connectivity index is 2.11. The molecule has 0 saturated heterocycles. The Bertz CT molecular complexity index is 561. The van der Waals surface area contributed by atoms with Gasteiger partial charge in [0.05, 0.1) is 0 Å². The zero-order valence-electron chi connectivity index (χ0n) is 12.0. The van der Waals surface area contributed by atoms with Crippen LogP contribution in [0.1, 0.15) is 34.7 Å². The van der Waals surface area contributed by atoms with Crippen molar-refractivity contribution in [1.29, 1.82) is 0 Å². The van der Waals surface area contributed by atoms with E-state index in [1.54, 1.807) is 6.07 Å². The average molecular weight is 272 g/mol. The average Bonchev–Trinajstić information content (AvgIpc) is 2.40. The predicted molar refractivity (Wildman–Crippen MR) is 80.7 cm³/mol. The Morgan fingerprint density at radius 3 is 2.55 bits per heavy atom. The van der Waals surface area contributed by atoms with Crippen molar-refractivity contribution in [1.82, 2.24) is 5.43 Å². The topological polar surface area (TPSA) is 38.0 Å². The zero-order valence-corrected chi connectivity index (χ0v) is 12.0. The second-order valence-corrected chi connectivity index (χ2v) is 5.25. The second-order valence-electron chi connectivity index (χ2n) is 5.25. The van der Waals surface area contributed by atoms with Gasteiger partial charge >= 0.3 is 0 Å². The van der Waals surface area contributed by atoms with Crippen molar-refractivity contribution in [2.45, 2.75) is 32.7 Å². The Morgan fingerprint density at radius 2 is 1.90 bits per heavy atom. The van der Waals surface area contributed by atoms with Crippen LogP contribution < -0.4 is 11.3 Å². The number of aryl methyl sites for hydroxylation is 3. The first-order chi connectivity index (χ1) is 9.60. The van der Waals surface area contributed by atoms with E-state index in [9.17, 15) is 4.39 Å². The van der Waals surface area contributed by atoms with E-state index in [-0.39, 0.29) is 11.9 Å². The first-order valence-electron chi connectivity index (χ1n) is 6.88. The van der Waals surface area contributed by atoms with Gasteiger partial charge in [0.1, 0.15) is 5.82 Å². The smallest absolute Gasteiger partial charge is 0.123 e. The monoisotopic (exact) mass is 272 g/mol. The van der Waals surface area contributed by atoms with Crippen LogP contribution in [0.15, 0.2) is 42.5 Å². The highest BCUT2D eigenvalue weighted by molar-refractivity contribution is 5.28. The van der Waals surface area contributed by atoms with Crippen molar-refractivity contribution in [3.8, 4) is 0 Å². The summed E-state index contributed by atoms with van der Waals surface area (Å²) < 4.78 is 13.5. The molecule has 0 aliphatic heterocycles. The third kappa shape index (κ3) is 3.65. The molecule has 1 unspecified atom stereocenters. The summed E-state index contributed by atoms with van der Waals surface area (Å²) in [4.78, 5) is 0. The Hall–Kier alpha value is -1.71. The van der Waals surface area contributed by atoms with Gasteiger partial charge in [-0.05, 0) is 61.1 Å². The summed E-state index contributed by atoms with van der Waals surface area (Å²) in [6.45, 7) is 3.99. The molecule has 106 valence electrons. The molecule has 0 fully saturated rings. The van der Waals surface area contributed by atoms with Crippen LogP contribution >= 0.6 is 0 Å². The van der Waals surface area contributed by atoms with Gasteiger partial charge in [-0.15, -0.1) is 0 Å². The van der Waals surface area contributed by atoms with Crippen LogP contribution in [0.5, 0.6) is 0 Å². The fraction of sp³-hybridized carbons (Fsp3) is 0.294. The maximum absolute atomic E-state index is 13.5. The van der Waals surface area contributed by atoms with E-state index in [0.717, 1.165) is 24.0 Å². The molecule has 2 aromatic carbocycles. The SMILES string of the molecule is Cc1cc(F)cc(C(CCc2ccccc2C)NN)c1. The molecule has 0 radical (unpaired) electrons. The third-order valence-corrected chi connectivity index (χ3v) is 3.63. The minimum atomic E-state index is -0.212. The molecule has 2 aromatic rings. The fourth-order valence-electron chi connectivity index (χ4n) is 2.50. The molecule has 0 aliphatic carbocycles. The van der Waals surface area contributed by atoms with Crippen molar-refractivity contribution in [3.05, 3.63) is 70.5 Å². The summed E-state index contributed by atoms with van der Waals surface area (Å²) in [5.41, 5.74) is 7.19. The summed E-state index contributed by atoms with van der Waals surface area (Å²) in [6, 6.07) is 13.3. The summed E-state index contributed by atoms with van der Waals surface area (Å²) in [5.74, 6) is 5.42. The van der Waals surface area contributed by atoms with Gasteiger partial charge in [-0.3, -0.25) is 11.3 Å². The van der Waals surface area contributed by atoms with Crippen LogP contribution in [-0.2, 0) is 6.42 Å². The number of nitrogens with two attached hydrogens (primary N) is 1. The Morgan fingerprint density at radius 1 is 1.15 bits per heavy atom. The number of hydrogen-bond acceptors (Lipinski definition) is 2. The summed E-state index contributed by atoms with van der Waals surface area (Å²) >= 11 is 0. The van der Waals surface area contributed by atoms with Gasteiger partial charge in [0.25, 0.3) is 0 Å². The van der Waals surface area contributed by atoms with E-state index in [0.29, 0.717) is 0 Å². The lowest BCUT2D eigenvalue weighted by atomic mass is 9.96. The molecule has 3 heteroatoms. The fourth-order valence-corrected chi connectivity index (χ4v) is 2.50. The molecule has 0 spiro atoms. The van der Waals surface area contributed by atoms with Crippen LogP contribution in [0.3, 0.4) is 0 Å². The highest BCUT2D eigenvalue weighted by atomic mass is 19.1. The molecule has 1 atom stereocenters. The van der Waals surface area contributed by atoms with Crippen LogP contribution in [0.4, 0.5) is 4.39 Å². The van der Waals surface area contributed by atoms with Crippen molar-refractivity contribution >= 4 is 0 Å². The molecule has 0 amide bonds. The van der Waals surface area contributed by atoms with Gasteiger partial charge in [-0.25, -0.2) is 4.39 Å². The van der Waals surface area contributed by atoms with E-state index in [2.05, 4.69) is 24.5 Å². The van der Waals surface area contributed by atoms with Gasteiger partial charge in [0, 0.05) is 6.04 Å². The summed E-state index contributed by atoms with van der Waals surface area (Å²) in [5, 5.41) is 0. The standard InChI is InChI=1S/C17H21FN2/c1-12-9-15(11-16(18)10-12)17(20-19)8-7-14-6-4-3-5-13(14)2/h3-6,9-11,17,20H,7-8,19H2,1-2H3. The van der Waals surface area contributed by atoms with Gasteiger partial charge in [-0.1, -0.05) is 30.3 Å². The van der Waals surface area contributed by atoms with Crippen LogP contribution in [0.2, 0.25) is 0 Å². The van der Waals surface area contributed by atoms with E-state index >= 15 is 0 Å². The van der Waals surface area contributed by atoms with E-state index < -0.39 is 0 Å². The second kappa shape index (κ2) is 6.64. The van der Waals surface area contributed by atoms with Crippen LogP contribution in [0.25, 0.3) is 0 Å². The molecule has 0 aromatic heterocycles. The predicted octanol–water partition coefficient (Wildman–Crippen LogP) is 3.58. The largest absolute Gasteiger partial charge is 0.271 e. The first-order valence-corrected chi connectivity index (χ1v) is 6.88. The number of rotatable bonds is 5. The maximum atomic E-state index is 13.5. The van der Waals surface area contributed by atoms with E-state index in [1.807, 2.05) is 25.1 Å². The molecule has 20 heavy (non-hydrogen) atoms. The maximum Gasteiger partial charge on any atom is 0.123 e. The quantitative estimate of drug-likeness (QED) is 0.645. The molecule has 0 aliphatic rings. The summed E-state index contributed by atoms with van der Waals surface area (Å²) in [6.07, 6.45) is 1.75.